The Labute approximate surface area is 260 Å². The van der Waals surface area contributed by atoms with Crippen LogP contribution in [-0.2, 0) is 32.6 Å². The normalized spacial score (nSPS) is 15.4. The highest BCUT2D eigenvalue weighted by Crippen LogP contribution is 2.35. The van der Waals surface area contributed by atoms with Gasteiger partial charge in [-0.05, 0) is 42.5 Å². The Balaban J connectivity index is 1.36. The zero-order chi connectivity index (χ0) is 30.9. The number of benzene rings is 3. The van der Waals surface area contributed by atoms with E-state index in [2.05, 4.69) is 5.32 Å². The Kier molecular flexibility index (Phi) is 10.4. The van der Waals surface area contributed by atoms with E-state index in [1.165, 1.54) is 4.31 Å². The lowest BCUT2D eigenvalue weighted by atomic mass is 10.0. The number of anilines is 1. The second-order valence-electron chi connectivity index (χ2n) is 11.5. The molecule has 1 atom stereocenters. The zero-order valence-electron chi connectivity index (χ0n) is 25.2. The van der Waals surface area contributed by atoms with E-state index in [0.29, 0.717) is 36.8 Å². The highest BCUT2D eigenvalue weighted by Gasteiger charge is 2.32. The fourth-order valence-corrected chi connectivity index (χ4v) is 6.85. The van der Waals surface area contributed by atoms with Crippen molar-refractivity contribution in [2.75, 3.05) is 30.3 Å². The minimum atomic E-state index is -3.65. The van der Waals surface area contributed by atoms with Crippen molar-refractivity contribution in [3.63, 3.8) is 0 Å². The van der Waals surface area contributed by atoms with Crippen LogP contribution in [0.2, 0.25) is 0 Å². The molecule has 1 aliphatic carbocycles. The molecule has 0 unspecified atom stereocenters. The number of hydrogen-bond donors (Lipinski definition) is 1. The molecule has 1 saturated carbocycles. The van der Waals surface area contributed by atoms with Gasteiger partial charge < -0.3 is 19.7 Å². The highest BCUT2D eigenvalue weighted by atomic mass is 32.2. The van der Waals surface area contributed by atoms with Gasteiger partial charge in [0.05, 0.1) is 11.9 Å². The number of carbonyl (C=O) groups excluding carboxylic acids is 2. The summed E-state index contributed by atoms with van der Waals surface area (Å²) in [6, 6.07) is 23.8. The second kappa shape index (κ2) is 14.6. The van der Waals surface area contributed by atoms with E-state index in [0.717, 1.165) is 43.1 Å². The molecular weight excluding hydrogens is 578 g/mol. The molecule has 9 nitrogen and oxygen atoms in total. The molecule has 1 N–H and O–H groups in total. The third-order valence-corrected chi connectivity index (χ3v) is 9.33. The van der Waals surface area contributed by atoms with E-state index >= 15 is 0 Å². The number of sulfonamides is 1. The molecule has 3 aromatic carbocycles. The number of fused-ring (bicyclic) bond motifs is 1. The monoisotopic (exact) mass is 619 g/mol. The van der Waals surface area contributed by atoms with Crippen molar-refractivity contribution in [1.82, 2.24) is 10.2 Å². The molecule has 1 aliphatic heterocycles. The van der Waals surface area contributed by atoms with Crippen LogP contribution >= 0.6 is 0 Å². The van der Waals surface area contributed by atoms with Crippen LogP contribution in [0, 0.1) is 0 Å². The largest absolute Gasteiger partial charge is 0.486 e. The number of nitrogens with zero attached hydrogens (tertiary/aromatic N) is 2. The molecular formula is C34H41N3O6S. The highest BCUT2D eigenvalue weighted by molar-refractivity contribution is 7.92. The van der Waals surface area contributed by atoms with Crippen LogP contribution in [0.3, 0.4) is 0 Å². The molecule has 0 saturated heterocycles. The molecule has 0 radical (unpaired) electrons. The molecule has 5 rings (SSSR count). The molecule has 0 aromatic heterocycles. The molecule has 1 fully saturated rings. The Bertz CT molecular complexity index is 1510. The number of nitrogens with one attached hydrogen (secondary N) is 1. The predicted octanol–water partition coefficient (Wildman–Crippen LogP) is 4.70. The van der Waals surface area contributed by atoms with E-state index in [4.69, 9.17) is 9.47 Å². The Morgan fingerprint density at radius 3 is 2.18 bits per heavy atom. The topological polar surface area (TPSA) is 105 Å². The average molecular weight is 620 g/mol. The summed E-state index contributed by atoms with van der Waals surface area (Å²) in [5, 5.41) is 3.22. The third kappa shape index (κ3) is 8.31. The fourth-order valence-electron chi connectivity index (χ4n) is 5.89. The summed E-state index contributed by atoms with van der Waals surface area (Å²) >= 11 is 0. The van der Waals surface area contributed by atoms with Gasteiger partial charge in [0, 0.05) is 38.0 Å². The van der Waals surface area contributed by atoms with Gasteiger partial charge in [-0.3, -0.25) is 13.9 Å². The SMILES string of the molecule is CS(=O)(=O)N(CCCC(=O)N(Cc1ccccc1)[C@H](Cc1ccccc1)C(=O)NC1CCCC1)c1ccc2c(c1)OCCO2. The van der Waals surface area contributed by atoms with Crippen LogP contribution in [0.5, 0.6) is 11.5 Å². The Hall–Kier alpha value is -4.05. The van der Waals surface area contributed by atoms with Gasteiger partial charge in [0.15, 0.2) is 11.5 Å². The van der Waals surface area contributed by atoms with Gasteiger partial charge in [-0.2, -0.15) is 0 Å². The molecule has 0 spiro atoms. The summed E-state index contributed by atoms with van der Waals surface area (Å²) in [6.07, 6.45) is 5.93. The van der Waals surface area contributed by atoms with Crippen LogP contribution in [0.4, 0.5) is 5.69 Å². The van der Waals surface area contributed by atoms with E-state index in [1.807, 2.05) is 60.7 Å². The molecule has 2 amide bonds. The maximum absolute atomic E-state index is 14.0. The summed E-state index contributed by atoms with van der Waals surface area (Å²) in [4.78, 5) is 29.5. The average Bonchev–Trinajstić information content (AvgIpc) is 3.54. The predicted molar refractivity (Wildman–Crippen MR) is 170 cm³/mol. The van der Waals surface area contributed by atoms with E-state index in [-0.39, 0.29) is 43.8 Å². The quantitative estimate of drug-likeness (QED) is 0.297. The number of amides is 2. The zero-order valence-corrected chi connectivity index (χ0v) is 26.0. The number of hydrogen-bond acceptors (Lipinski definition) is 6. The third-order valence-electron chi connectivity index (χ3n) is 8.13. The van der Waals surface area contributed by atoms with E-state index in [1.54, 1.807) is 23.1 Å². The summed E-state index contributed by atoms with van der Waals surface area (Å²) in [6.45, 7) is 1.20. The summed E-state index contributed by atoms with van der Waals surface area (Å²) in [7, 11) is -3.65. The van der Waals surface area contributed by atoms with Gasteiger partial charge in [0.1, 0.15) is 19.3 Å². The van der Waals surface area contributed by atoms with Gasteiger partial charge >= 0.3 is 0 Å². The van der Waals surface area contributed by atoms with Gasteiger partial charge in [0.25, 0.3) is 0 Å². The number of carbonyl (C=O) groups is 2. The smallest absolute Gasteiger partial charge is 0.243 e. The molecule has 234 valence electrons. The summed E-state index contributed by atoms with van der Waals surface area (Å²) in [5.74, 6) is 0.705. The number of ether oxygens (including phenoxy) is 2. The van der Waals surface area contributed by atoms with Crippen molar-refractivity contribution in [1.29, 1.82) is 0 Å². The van der Waals surface area contributed by atoms with Crippen molar-refractivity contribution in [3.8, 4) is 11.5 Å². The van der Waals surface area contributed by atoms with Crippen molar-refractivity contribution >= 4 is 27.5 Å². The summed E-state index contributed by atoms with van der Waals surface area (Å²) in [5.41, 5.74) is 2.33. The van der Waals surface area contributed by atoms with Crippen molar-refractivity contribution in [2.45, 2.75) is 63.6 Å². The lowest BCUT2D eigenvalue weighted by Gasteiger charge is -2.33. The molecule has 44 heavy (non-hydrogen) atoms. The van der Waals surface area contributed by atoms with Gasteiger partial charge in [-0.1, -0.05) is 73.5 Å². The first-order valence-corrected chi connectivity index (χ1v) is 17.2. The van der Waals surface area contributed by atoms with Crippen LogP contribution in [0.15, 0.2) is 78.9 Å². The van der Waals surface area contributed by atoms with Crippen LogP contribution < -0.4 is 19.1 Å². The first-order chi connectivity index (χ1) is 21.3. The minimum Gasteiger partial charge on any atom is -0.486 e. The lowest BCUT2D eigenvalue weighted by molar-refractivity contribution is -0.141. The van der Waals surface area contributed by atoms with Gasteiger partial charge in [-0.15, -0.1) is 0 Å². The fraction of sp³-hybridized carbons (Fsp3) is 0.412. The van der Waals surface area contributed by atoms with Crippen molar-refractivity contribution in [2.24, 2.45) is 0 Å². The molecule has 3 aromatic rings. The second-order valence-corrected chi connectivity index (χ2v) is 13.4. The maximum atomic E-state index is 14.0. The number of rotatable bonds is 13. The molecule has 2 aliphatic rings. The van der Waals surface area contributed by atoms with Crippen LogP contribution in [0.1, 0.15) is 49.7 Å². The van der Waals surface area contributed by atoms with Crippen molar-refractivity contribution < 1.29 is 27.5 Å². The minimum absolute atomic E-state index is 0.0748. The van der Waals surface area contributed by atoms with Crippen molar-refractivity contribution in [3.05, 3.63) is 90.0 Å². The molecule has 1 heterocycles. The first kappa shape index (κ1) is 31.4. The molecule has 0 bridgehead atoms. The Morgan fingerprint density at radius 2 is 1.52 bits per heavy atom. The lowest BCUT2D eigenvalue weighted by Crippen LogP contribution is -2.52. The standard InChI is InChI=1S/C34H41N3O6S/c1-44(40,41)37(29-18-19-31-32(24-29)43-22-21-42-31)20-10-17-33(38)36(25-27-13-6-3-7-14-27)30(23-26-11-4-2-5-12-26)34(39)35-28-15-8-9-16-28/h2-7,11-14,18-19,24,28,30H,8-10,15-17,20-23,25H2,1H3,(H,35,39)/t30-/m1/s1. The summed E-state index contributed by atoms with van der Waals surface area (Å²) < 4.78 is 38.2. The van der Waals surface area contributed by atoms with Crippen LogP contribution in [-0.4, -0.2) is 63.2 Å². The molecule has 10 heteroatoms. The Morgan fingerprint density at radius 1 is 0.886 bits per heavy atom. The van der Waals surface area contributed by atoms with Crippen LogP contribution in [0.25, 0.3) is 0 Å². The van der Waals surface area contributed by atoms with Gasteiger partial charge in [-0.25, -0.2) is 8.42 Å². The maximum Gasteiger partial charge on any atom is 0.243 e. The van der Waals surface area contributed by atoms with Gasteiger partial charge in [0.2, 0.25) is 21.8 Å². The van der Waals surface area contributed by atoms with E-state index in [9.17, 15) is 18.0 Å². The first-order valence-electron chi connectivity index (χ1n) is 15.3. The van der Waals surface area contributed by atoms with E-state index < -0.39 is 16.1 Å².